The number of benzene rings is 2. The van der Waals surface area contributed by atoms with E-state index in [1.165, 1.54) is 23.8 Å². The summed E-state index contributed by atoms with van der Waals surface area (Å²) >= 11 is 6.38. The molecule has 8 heteroatoms. The number of piperidine rings is 1. The van der Waals surface area contributed by atoms with Gasteiger partial charge in [0.2, 0.25) is 0 Å². The monoisotopic (exact) mass is 509 g/mol. The molecule has 0 saturated carbocycles. The van der Waals surface area contributed by atoms with E-state index in [1.807, 2.05) is 45.0 Å². The Morgan fingerprint density at radius 3 is 2.61 bits per heavy atom. The van der Waals surface area contributed by atoms with E-state index in [-0.39, 0.29) is 5.91 Å². The second kappa shape index (κ2) is 9.79. The third kappa shape index (κ3) is 4.95. The molecule has 0 atom stereocenters. The summed E-state index contributed by atoms with van der Waals surface area (Å²) in [5, 5.41) is 4.19. The van der Waals surface area contributed by atoms with Crippen LogP contribution in [0.2, 0.25) is 5.02 Å². The quantitative estimate of drug-likeness (QED) is 0.467. The molecule has 190 valence electrons. The molecule has 2 aliphatic rings. The van der Waals surface area contributed by atoms with Crippen LogP contribution in [0.4, 0.5) is 4.79 Å². The number of carbonyl (C=O) groups is 2. The molecule has 0 bridgehead atoms. The Balaban J connectivity index is 1.52. The lowest BCUT2D eigenvalue weighted by molar-refractivity contribution is 0.0547. The van der Waals surface area contributed by atoms with Crippen LogP contribution in [0.3, 0.4) is 0 Å². The number of aromatic nitrogens is 1. The van der Waals surface area contributed by atoms with Gasteiger partial charge in [-0.3, -0.25) is 9.69 Å². The molecule has 1 fully saturated rings. The van der Waals surface area contributed by atoms with Gasteiger partial charge in [0.15, 0.2) is 0 Å². The van der Waals surface area contributed by atoms with Crippen LogP contribution in [0.1, 0.15) is 56.0 Å². The lowest BCUT2D eigenvalue weighted by atomic mass is 10.00. The molecule has 3 heterocycles. The third-order valence-corrected chi connectivity index (χ3v) is 7.01. The zero-order chi connectivity index (χ0) is 25.4. The summed E-state index contributed by atoms with van der Waals surface area (Å²) in [5.74, 6) is 0.539. The highest BCUT2D eigenvalue weighted by molar-refractivity contribution is 6.32. The molecule has 2 aliphatic heterocycles. The molecular formula is C28H32ClN3O4. The van der Waals surface area contributed by atoms with Crippen molar-refractivity contribution < 1.29 is 19.1 Å². The maximum atomic E-state index is 13.4. The lowest BCUT2D eigenvalue weighted by Gasteiger charge is -2.26. The number of fused-ring (bicyclic) bond motifs is 2. The summed E-state index contributed by atoms with van der Waals surface area (Å²) in [4.78, 5) is 28.5. The van der Waals surface area contributed by atoms with Crippen LogP contribution in [0.5, 0.6) is 5.75 Å². The normalized spacial score (nSPS) is 16.2. The third-order valence-electron chi connectivity index (χ3n) is 6.66. The van der Waals surface area contributed by atoms with Gasteiger partial charge in [-0.2, -0.15) is 0 Å². The van der Waals surface area contributed by atoms with Gasteiger partial charge in [0.1, 0.15) is 18.0 Å². The maximum Gasteiger partial charge on any atom is 0.419 e. The largest absolute Gasteiger partial charge is 0.492 e. The number of halogens is 1. The van der Waals surface area contributed by atoms with Gasteiger partial charge in [0, 0.05) is 34.6 Å². The zero-order valence-corrected chi connectivity index (χ0v) is 21.8. The van der Waals surface area contributed by atoms with Crippen LogP contribution >= 0.6 is 11.6 Å². The number of nitrogens with one attached hydrogen (secondary N) is 1. The molecule has 1 N–H and O–H groups in total. The Kier molecular flexibility index (Phi) is 6.70. The summed E-state index contributed by atoms with van der Waals surface area (Å²) < 4.78 is 13.4. The van der Waals surface area contributed by atoms with E-state index >= 15 is 0 Å². The van der Waals surface area contributed by atoms with E-state index in [0.717, 1.165) is 36.3 Å². The first kappa shape index (κ1) is 24.7. The molecule has 1 aromatic heterocycles. The standard InChI is InChI=1S/C28H32ClN3O4/c1-28(2,3)36-27(34)32-23-10-7-19(35-14-13-31-11-5-4-6-12-31)15-18(23)16-24(32)20-8-9-22(29)21-17-30-26(33)25(20)21/h7-10,15-16H,4-6,11-14,17H2,1-3H3,(H,30,33). The molecule has 3 aromatic rings. The Bertz CT molecular complexity index is 1320. The number of ether oxygens (including phenoxy) is 2. The molecule has 0 aliphatic carbocycles. The van der Waals surface area contributed by atoms with E-state index in [9.17, 15) is 9.59 Å². The highest BCUT2D eigenvalue weighted by Gasteiger charge is 2.30. The van der Waals surface area contributed by atoms with Crippen molar-refractivity contribution in [1.29, 1.82) is 0 Å². The second-order valence-corrected chi connectivity index (χ2v) is 10.9. The van der Waals surface area contributed by atoms with E-state index < -0.39 is 11.7 Å². The molecule has 0 unspecified atom stereocenters. The first-order valence-electron chi connectivity index (χ1n) is 12.6. The molecule has 7 nitrogen and oxygen atoms in total. The molecule has 1 amide bonds. The van der Waals surface area contributed by atoms with Gasteiger partial charge in [-0.05, 0) is 77.0 Å². The van der Waals surface area contributed by atoms with Crippen LogP contribution < -0.4 is 10.1 Å². The molecule has 1 saturated heterocycles. The van der Waals surface area contributed by atoms with Gasteiger partial charge in [0.05, 0.1) is 16.8 Å². The van der Waals surface area contributed by atoms with Gasteiger partial charge < -0.3 is 14.8 Å². The van der Waals surface area contributed by atoms with Crippen molar-refractivity contribution >= 4 is 34.5 Å². The predicted octanol–water partition coefficient (Wildman–Crippen LogP) is 5.85. The van der Waals surface area contributed by atoms with Crippen molar-refractivity contribution in [2.45, 2.75) is 52.2 Å². The Hall–Kier alpha value is -3.03. The summed E-state index contributed by atoms with van der Waals surface area (Å²) in [6, 6.07) is 11.1. The highest BCUT2D eigenvalue weighted by atomic mass is 35.5. The number of amides is 1. The number of rotatable bonds is 5. The minimum absolute atomic E-state index is 0.203. The first-order valence-corrected chi connectivity index (χ1v) is 12.9. The van der Waals surface area contributed by atoms with Gasteiger partial charge in [-0.15, -0.1) is 0 Å². The van der Waals surface area contributed by atoms with E-state index in [1.54, 1.807) is 12.1 Å². The maximum absolute atomic E-state index is 13.4. The average Bonchev–Trinajstić information content (AvgIpc) is 3.40. The minimum Gasteiger partial charge on any atom is -0.492 e. The molecular weight excluding hydrogens is 478 g/mol. The highest BCUT2D eigenvalue weighted by Crippen LogP contribution is 2.37. The number of likely N-dealkylation sites (tertiary alicyclic amines) is 1. The number of carbonyl (C=O) groups excluding carboxylic acids is 2. The Morgan fingerprint density at radius 2 is 1.86 bits per heavy atom. The van der Waals surface area contributed by atoms with E-state index in [0.29, 0.717) is 40.5 Å². The first-order chi connectivity index (χ1) is 17.2. The average molecular weight is 510 g/mol. The molecule has 2 aromatic carbocycles. The molecule has 0 radical (unpaired) electrons. The Morgan fingerprint density at radius 1 is 1.08 bits per heavy atom. The van der Waals surface area contributed by atoms with Gasteiger partial charge >= 0.3 is 6.09 Å². The molecule has 36 heavy (non-hydrogen) atoms. The summed E-state index contributed by atoms with van der Waals surface area (Å²) in [5.41, 5.74) is 2.45. The van der Waals surface area contributed by atoms with Crippen molar-refractivity contribution in [3.63, 3.8) is 0 Å². The smallest absolute Gasteiger partial charge is 0.419 e. The van der Waals surface area contributed by atoms with Crippen molar-refractivity contribution in [2.75, 3.05) is 26.2 Å². The Labute approximate surface area is 216 Å². The van der Waals surface area contributed by atoms with Gasteiger partial charge in [-0.1, -0.05) is 24.1 Å². The number of hydrogen-bond acceptors (Lipinski definition) is 5. The van der Waals surface area contributed by atoms with Gasteiger partial charge in [-0.25, -0.2) is 9.36 Å². The topological polar surface area (TPSA) is 72.8 Å². The second-order valence-electron chi connectivity index (χ2n) is 10.4. The van der Waals surface area contributed by atoms with Crippen LogP contribution in [-0.4, -0.2) is 53.3 Å². The summed E-state index contributed by atoms with van der Waals surface area (Å²) in [6.45, 7) is 9.62. The minimum atomic E-state index is -0.679. The molecule has 5 rings (SSSR count). The fraction of sp³-hybridized carbons (Fsp3) is 0.429. The summed E-state index contributed by atoms with van der Waals surface area (Å²) in [6.07, 6.45) is 3.30. The van der Waals surface area contributed by atoms with Crippen molar-refractivity contribution in [2.24, 2.45) is 0 Å². The lowest BCUT2D eigenvalue weighted by Crippen LogP contribution is -2.33. The van der Waals surface area contributed by atoms with E-state index in [4.69, 9.17) is 21.1 Å². The van der Waals surface area contributed by atoms with E-state index in [2.05, 4.69) is 10.2 Å². The number of hydrogen-bond donors (Lipinski definition) is 1. The summed E-state index contributed by atoms with van der Waals surface area (Å²) in [7, 11) is 0. The zero-order valence-electron chi connectivity index (χ0n) is 21.0. The fourth-order valence-corrected chi connectivity index (χ4v) is 5.21. The fourth-order valence-electron chi connectivity index (χ4n) is 4.99. The van der Waals surface area contributed by atoms with Gasteiger partial charge in [0.25, 0.3) is 5.91 Å². The SMILES string of the molecule is CC(C)(C)OC(=O)n1c(-c2ccc(Cl)c3c2C(=O)NC3)cc2cc(OCCN3CCCCC3)ccc21. The van der Waals surface area contributed by atoms with Crippen LogP contribution in [0.15, 0.2) is 36.4 Å². The van der Waals surface area contributed by atoms with Crippen molar-refractivity contribution in [3.8, 4) is 17.0 Å². The predicted molar refractivity (Wildman–Crippen MR) is 141 cm³/mol. The van der Waals surface area contributed by atoms with Crippen LogP contribution in [-0.2, 0) is 11.3 Å². The van der Waals surface area contributed by atoms with Crippen LogP contribution in [0.25, 0.3) is 22.2 Å². The van der Waals surface area contributed by atoms with Crippen molar-refractivity contribution in [3.05, 3.63) is 52.5 Å². The van der Waals surface area contributed by atoms with Crippen LogP contribution in [0, 0.1) is 0 Å². The number of nitrogens with zero attached hydrogens (tertiary/aromatic N) is 2. The molecule has 0 spiro atoms. The van der Waals surface area contributed by atoms with Crippen molar-refractivity contribution in [1.82, 2.24) is 14.8 Å².